The van der Waals surface area contributed by atoms with Gasteiger partial charge in [-0.15, -0.1) is 0 Å². The second-order valence-electron chi connectivity index (χ2n) is 4.07. The zero-order chi connectivity index (χ0) is 10.1. The first-order valence-corrected chi connectivity index (χ1v) is 5.11. The Balaban J connectivity index is 1.97. The first-order valence-electron chi connectivity index (χ1n) is 5.11. The van der Waals surface area contributed by atoms with Gasteiger partial charge in [0.2, 0.25) is 0 Å². The van der Waals surface area contributed by atoms with Crippen LogP contribution >= 0.6 is 0 Å². The first-order chi connectivity index (χ1) is 6.68. The molecular formula is C11H18N2O. The Hall–Kier alpha value is -0.800. The third-order valence-electron chi connectivity index (χ3n) is 3.10. The van der Waals surface area contributed by atoms with Crippen LogP contribution < -0.4 is 5.32 Å². The van der Waals surface area contributed by atoms with Crippen LogP contribution in [0.3, 0.4) is 0 Å². The van der Waals surface area contributed by atoms with Crippen LogP contribution in [0.15, 0.2) is 6.07 Å². The highest BCUT2D eigenvalue weighted by atomic mass is 16.5. The monoisotopic (exact) mass is 194 g/mol. The highest BCUT2D eigenvalue weighted by Crippen LogP contribution is 2.13. The van der Waals surface area contributed by atoms with Crippen molar-refractivity contribution >= 4 is 0 Å². The fourth-order valence-corrected chi connectivity index (χ4v) is 1.72. The van der Waals surface area contributed by atoms with Crippen LogP contribution in [-0.4, -0.2) is 23.8 Å². The van der Waals surface area contributed by atoms with Gasteiger partial charge in [-0.25, -0.2) is 0 Å². The molecule has 0 radical (unpaired) electrons. The molecule has 0 amide bonds. The third kappa shape index (κ3) is 1.70. The Morgan fingerprint density at radius 2 is 2.21 bits per heavy atom. The van der Waals surface area contributed by atoms with Crippen molar-refractivity contribution in [3.63, 3.8) is 0 Å². The molecule has 1 aliphatic rings. The van der Waals surface area contributed by atoms with Gasteiger partial charge < -0.3 is 14.6 Å². The zero-order valence-corrected chi connectivity index (χ0v) is 9.13. The van der Waals surface area contributed by atoms with Crippen molar-refractivity contribution in [2.45, 2.75) is 26.4 Å². The summed E-state index contributed by atoms with van der Waals surface area (Å²) in [7, 11) is 2.11. The molecule has 1 aromatic rings. The predicted octanol–water partition coefficient (Wildman–Crippen LogP) is 1.13. The van der Waals surface area contributed by atoms with Crippen LogP contribution in [0, 0.1) is 13.8 Å². The summed E-state index contributed by atoms with van der Waals surface area (Å²) in [6.07, 6.45) is 0. The molecule has 1 aliphatic heterocycles. The molecular weight excluding hydrogens is 176 g/mol. The smallest absolute Gasteiger partial charge is 0.0643 e. The highest BCUT2D eigenvalue weighted by molar-refractivity contribution is 5.26. The molecule has 0 atom stereocenters. The summed E-state index contributed by atoms with van der Waals surface area (Å²) >= 11 is 0. The number of hydrogen-bond donors (Lipinski definition) is 1. The average Bonchev–Trinajstić information content (AvgIpc) is 2.31. The zero-order valence-electron chi connectivity index (χ0n) is 9.13. The predicted molar refractivity (Wildman–Crippen MR) is 56.3 cm³/mol. The van der Waals surface area contributed by atoms with E-state index in [1.54, 1.807) is 0 Å². The maximum Gasteiger partial charge on any atom is 0.0643 e. The normalized spacial score (nSPS) is 17.1. The maximum atomic E-state index is 5.11. The highest BCUT2D eigenvalue weighted by Gasteiger charge is 2.17. The number of nitrogens with one attached hydrogen (secondary N) is 1. The molecule has 1 aromatic heterocycles. The first kappa shape index (κ1) is 9.74. The van der Waals surface area contributed by atoms with Crippen LogP contribution in [0.25, 0.3) is 0 Å². The van der Waals surface area contributed by atoms with Gasteiger partial charge in [0.25, 0.3) is 0 Å². The van der Waals surface area contributed by atoms with Crippen molar-refractivity contribution in [1.82, 2.24) is 9.88 Å². The largest absolute Gasteiger partial charge is 0.378 e. The Bertz CT molecular complexity index is 326. The Morgan fingerprint density at radius 3 is 2.64 bits per heavy atom. The van der Waals surface area contributed by atoms with Gasteiger partial charge in [-0.3, -0.25) is 0 Å². The van der Waals surface area contributed by atoms with Crippen molar-refractivity contribution < 1.29 is 4.74 Å². The van der Waals surface area contributed by atoms with E-state index in [1.165, 1.54) is 17.0 Å². The molecule has 2 rings (SSSR count). The van der Waals surface area contributed by atoms with E-state index in [-0.39, 0.29) is 0 Å². The molecule has 3 nitrogen and oxygen atoms in total. The van der Waals surface area contributed by atoms with Crippen molar-refractivity contribution in [3.05, 3.63) is 23.0 Å². The third-order valence-corrected chi connectivity index (χ3v) is 3.10. The fourth-order valence-electron chi connectivity index (χ4n) is 1.72. The van der Waals surface area contributed by atoms with Crippen LogP contribution in [-0.2, 0) is 18.3 Å². The van der Waals surface area contributed by atoms with Crippen molar-refractivity contribution in [2.75, 3.05) is 13.2 Å². The molecule has 0 unspecified atom stereocenters. The Labute approximate surface area is 85.1 Å². The van der Waals surface area contributed by atoms with Crippen molar-refractivity contribution in [1.29, 1.82) is 0 Å². The Kier molecular flexibility index (Phi) is 2.61. The molecule has 1 N–H and O–H groups in total. The van der Waals surface area contributed by atoms with E-state index in [9.17, 15) is 0 Å². The van der Waals surface area contributed by atoms with Gasteiger partial charge in [0.05, 0.1) is 19.3 Å². The molecule has 3 heteroatoms. The van der Waals surface area contributed by atoms with Crippen LogP contribution in [0.1, 0.15) is 17.0 Å². The number of ether oxygens (including phenoxy) is 1. The minimum atomic E-state index is 0.565. The van der Waals surface area contributed by atoms with Crippen molar-refractivity contribution in [2.24, 2.45) is 7.05 Å². The van der Waals surface area contributed by atoms with E-state index in [0.29, 0.717) is 6.04 Å². The number of hydrogen-bond acceptors (Lipinski definition) is 2. The SMILES string of the molecule is Cc1cc(CNC2COC2)c(C)n1C. The summed E-state index contributed by atoms with van der Waals surface area (Å²) in [6, 6.07) is 2.82. The van der Waals surface area contributed by atoms with E-state index in [0.717, 1.165) is 19.8 Å². The summed E-state index contributed by atoms with van der Waals surface area (Å²) in [4.78, 5) is 0. The number of aryl methyl sites for hydroxylation is 1. The average molecular weight is 194 g/mol. The lowest BCUT2D eigenvalue weighted by molar-refractivity contribution is -0.00580. The molecule has 0 spiro atoms. The molecule has 1 saturated heterocycles. The molecule has 0 bridgehead atoms. The van der Waals surface area contributed by atoms with E-state index in [2.05, 4.69) is 36.8 Å². The molecule has 78 valence electrons. The summed E-state index contributed by atoms with van der Waals surface area (Å²) < 4.78 is 7.35. The lowest BCUT2D eigenvalue weighted by Gasteiger charge is -2.26. The summed E-state index contributed by atoms with van der Waals surface area (Å²) in [5.74, 6) is 0. The van der Waals surface area contributed by atoms with Gasteiger partial charge in [-0.2, -0.15) is 0 Å². The van der Waals surface area contributed by atoms with Gasteiger partial charge in [0.15, 0.2) is 0 Å². The van der Waals surface area contributed by atoms with Crippen LogP contribution in [0.5, 0.6) is 0 Å². The second-order valence-corrected chi connectivity index (χ2v) is 4.07. The topological polar surface area (TPSA) is 26.2 Å². The summed E-state index contributed by atoms with van der Waals surface area (Å²) in [5, 5.41) is 3.48. The van der Waals surface area contributed by atoms with Gasteiger partial charge in [0.1, 0.15) is 0 Å². The van der Waals surface area contributed by atoms with Gasteiger partial charge in [-0.05, 0) is 25.5 Å². The summed E-state index contributed by atoms with van der Waals surface area (Å²) in [6.45, 7) is 7.00. The van der Waals surface area contributed by atoms with Gasteiger partial charge in [0, 0.05) is 25.0 Å². The number of rotatable bonds is 3. The molecule has 0 aromatic carbocycles. The molecule has 0 saturated carbocycles. The molecule has 1 fully saturated rings. The fraction of sp³-hybridized carbons (Fsp3) is 0.636. The maximum absolute atomic E-state index is 5.11. The minimum Gasteiger partial charge on any atom is -0.378 e. The van der Waals surface area contributed by atoms with E-state index in [4.69, 9.17) is 4.74 Å². The van der Waals surface area contributed by atoms with E-state index < -0.39 is 0 Å². The van der Waals surface area contributed by atoms with Gasteiger partial charge in [-0.1, -0.05) is 0 Å². The number of aromatic nitrogens is 1. The molecule has 2 heterocycles. The van der Waals surface area contributed by atoms with E-state index in [1.807, 2.05) is 0 Å². The summed E-state index contributed by atoms with van der Waals surface area (Å²) in [5.41, 5.74) is 4.08. The van der Waals surface area contributed by atoms with Crippen molar-refractivity contribution in [3.8, 4) is 0 Å². The Morgan fingerprint density at radius 1 is 1.50 bits per heavy atom. The number of nitrogens with zero attached hydrogens (tertiary/aromatic N) is 1. The van der Waals surface area contributed by atoms with Gasteiger partial charge >= 0.3 is 0 Å². The lowest BCUT2D eigenvalue weighted by atomic mass is 10.2. The van der Waals surface area contributed by atoms with Crippen LogP contribution in [0.2, 0.25) is 0 Å². The lowest BCUT2D eigenvalue weighted by Crippen LogP contribution is -2.45. The standard InChI is InChI=1S/C11H18N2O/c1-8-4-10(9(2)13(8)3)5-12-11-6-14-7-11/h4,11-12H,5-7H2,1-3H3. The quantitative estimate of drug-likeness (QED) is 0.780. The van der Waals surface area contributed by atoms with Crippen LogP contribution in [0.4, 0.5) is 0 Å². The minimum absolute atomic E-state index is 0.565. The molecule has 14 heavy (non-hydrogen) atoms. The van der Waals surface area contributed by atoms with E-state index >= 15 is 0 Å². The second kappa shape index (κ2) is 3.75. The molecule has 0 aliphatic carbocycles.